The molecule has 0 amide bonds. The van der Waals surface area contributed by atoms with Gasteiger partial charge in [0, 0.05) is 19.1 Å². The fourth-order valence-electron chi connectivity index (χ4n) is 1.30. The number of nitrogens with one attached hydrogen (secondary N) is 1. The summed E-state index contributed by atoms with van der Waals surface area (Å²) in [6.45, 7) is 12.7. The van der Waals surface area contributed by atoms with E-state index in [2.05, 4.69) is 30.3 Å². The first kappa shape index (κ1) is 12.4. The summed E-state index contributed by atoms with van der Waals surface area (Å²) in [6.07, 6.45) is 5.05. The van der Waals surface area contributed by atoms with E-state index < -0.39 is 0 Å². The van der Waals surface area contributed by atoms with Gasteiger partial charge in [0.1, 0.15) is 0 Å². The standard InChI is InChI=1S/C11H22N2/c1-5-9-13(10-6-2)11(3)7-8-12-4/h5-6,11-12H,1-2,7-10H2,3-4H3. The van der Waals surface area contributed by atoms with Gasteiger partial charge in [0.15, 0.2) is 0 Å². The van der Waals surface area contributed by atoms with Gasteiger partial charge in [-0.05, 0) is 26.9 Å². The van der Waals surface area contributed by atoms with E-state index in [0.717, 1.165) is 26.1 Å². The number of hydrogen-bond acceptors (Lipinski definition) is 2. The maximum absolute atomic E-state index is 3.75. The quantitative estimate of drug-likeness (QED) is 0.574. The van der Waals surface area contributed by atoms with Crippen LogP contribution in [0.4, 0.5) is 0 Å². The summed E-state index contributed by atoms with van der Waals surface area (Å²) in [6, 6.07) is 0.587. The lowest BCUT2D eigenvalue weighted by molar-refractivity contribution is 0.244. The summed E-state index contributed by atoms with van der Waals surface area (Å²) < 4.78 is 0. The van der Waals surface area contributed by atoms with Crippen molar-refractivity contribution in [2.45, 2.75) is 19.4 Å². The Morgan fingerprint density at radius 2 is 1.85 bits per heavy atom. The molecule has 1 unspecified atom stereocenters. The van der Waals surface area contributed by atoms with E-state index in [0.29, 0.717) is 6.04 Å². The lowest BCUT2D eigenvalue weighted by atomic mass is 10.2. The van der Waals surface area contributed by atoms with Crippen LogP contribution >= 0.6 is 0 Å². The van der Waals surface area contributed by atoms with Crippen molar-refractivity contribution >= 4 is 0 Å². The van der Waals surface area contributed by atoms with Crippen molar-refractivity contribution in [2.24, 2.45) is 0 Å². The molecule has 0 saturated carbocycles. The summed E-state index contributed by atoms with van der Waals surface area (Å²) >= 11 is 0. The van der Waals surface area contributed by atoms with Crippen molar-refractivity contribution < 1.29 is 0 Å². The Morgan fingerprint density at radius 1 is 1.31 bits per heavy atom. The highest BCUT2D eigenvalue weighted by atomic mass is 15.1. The van der Waals surface area contributed by atoms with Crippen molar-refractivity contribution in [2.75, 3.05) is 26.7 Å². The Balaban J connectivity index is 3.85. The van der Waals surface area contributed by atoms with Crippen LogP contribution in [0.5, 0.6) is 0 Å². The molecule has 76 valence electrons. The zero-order chi connectivity index (χ0) is 10.1. The Hall–Kier alpha value is -0.600. The summed E-state index contributed by atoms with van der Waals surface area (Å²) in [7, 11) is 1.98. The van der Waals surface area contributed by atoms with Gasteiger partial charge in [-0.15, -0.1) is 13.2 Å². The molecule has 13 heavy (non-hydrogen) atoms. The van der Waals surface area contributed by atoms with E-state index in [4.69, 9.17) is 0 Å². The molecule has 0 aromatic heterocycles. The molecule has 0 radical (unpaired) electrons. The third-order valence-corrected chi connectivity index (χ3v) is 2.16. The molecular formula is C11H22N2. The second-order valence-electron chi connectivity index (χ2n) is 3.27. The molecule has 0 aliphatic carbocycles. The monoisotopic (exact) mass is 182 g/mol. The molecule has 0 aromatic rings. The number of nitrogens with zero attached hydrogens (tertiary/aromatic N) is 1. The average molecular weight is 182 g/mol. The van der Waals surface area contributed by atoms with Crippen LogP contribution in [0.1, 0.15) is 13.3 Å². The first-order valence-corrected chi connectivity index (χ1v) is 4.86. The first-order chi connectivity index (χ1) is 6.26. The molecule has 0 aromatic carbocycles. The fourth-order valence-corrected chi connectivity index (χ4v) is 1.30. The van der Waals surface area contributed by atoms with Gasteiger partial charge in [0.25, 0.3) is 0 Å². The van der Waals surface area contributed by atoms with Crippen LogP contribution in [-0.4, -0.2) is 37.6 Å². The van der Waals surface area contributed by atoms with E-state index >= 15 is 0 Å². The minimum Gasteiger partial charge on any atom is -0.320 e. The van der Waals surface area contributed by atoms with Crippen molar-refractivity contribution in [3.05, 3.63) is 25.3 Å². The van der Waals surface area contributed by atoms with Crippen LogP contribution in [0.25, 0.3) is 0 Å². The van der Waals surface area contributed by atoms with Gasteiger partial charge >= 0.3 is 0 Å². The smallest absolute Gasteiger partial charge is 0.0166 e. The molecule has 0 spiro atoms. The normalized spacial score (nSPS) is 12.8. The molecule has 0 aliphatic heterocycles. The van der Waals surface area contributed by atoms with Crippen LogP contribution in [0.3, 0.4) is 0 Å². The summed E-state index contributed by atoms with van der Waals surface area (Å²) in [5.41, 5.74) is 0. The van der Waals surface area contributed by atoms with Crippen molar-refractivity contribution in [3.63, 3.8) is 0 Å². The van der Waals surface area contributed by atoms with Crippen LogP contribution in [0.15, 0.2) is 25.3 Å². The molecule has 0 heterocycles. The summed E-state index contributed by atoms with van der Waals surface area (Å²) in [5.74, 6) is 0. The average Bonchev–Trinajstić information content (AvgIpc) is 2.14. The second kappa shape index (κ2) is 8.02. The van der Waals surface area contributed by atoms with Gasteiger partial charge in [0.05, 0.1) is 0 Å². The van der Waals surface area contributed by atoms with E-state index in [1.54, 1.807) is 0 Å². The van der Waals surface area contributed by atoms with Crippen LogP contribution < -0.4 is 5.32 Å². The molecule has 2 nitrogen and oxygen atoms in total. The zero-order valence-electron chi connectivity index (χ0n) is 8.92. The molecule has 0 bridgehead atoms. The molecule has 0 saturated heterocycles. The minimum absolute atomic E-state index is 0.587. The molecule has 2 heteroatoms. The highest BCUT2D eigenvalue weighted by molar-refractivity contribution is 4.83. The molecule has 1 N–H and O–H groups in total. The van der Waals surface area contributed by atoms with Gasteiger partial charge in [-0.3, -0.25) is 4.90 Å². The molecule has 0 fully saturated rings. The van der Waals surface area contributed by atoms with E-state index in [-0.39, 0.29) is 0 Å². The van der Waals surface area contributed by atoms with Gasteiger partial charge in [-0.1, -0.05) is 12.2 Å². The summed E-state index contributed by atoms with van der Waals surface area (Å²) in [5, 5.41) is 3.16. The van der Waals surface area contributed by atoms with Crippen LogP contribution in [0.2, 0.25) is 0 Å². The fraction of sp³-hybridized carbons (Fsp3) is 0.636. The lowest BCUT2D eigenvalue weighted by Crippen LogP contribution is -2.35. The highest BCUT2D eigenvalue weighted by Gasteiger charge is 2.09. The van der Waals surface area contributed by atoms with E-state index in [9.17, 15) is 0 Å². The molecule has 1 atom stereocenters. The number of hydrogen-bond donors (Lipinski definition) is 1. The SMILES string of the molecule is C=CCN(CC=C)C(C)CCNC. The van der Waals surface area contributed by atoms with Crippen molar-refractivity contribution in [1.29, 1.82) is 0 Å². The highest BCUT2D eigenvalue weighted by Crippen LogP contribution is 2.02. The first-order valence-electron chi connectivity index (χ1n) is 4.86. The van der Waals surface area contributed by atoms with Crippen molar-refractivity contribution in [1.82, 2.24) is 10.2 Å². The second-order valence-corrected chi connectivity index (χ2v) is 3.27. The largest absolute Gasteiger partial charge is 0.320 e. The third-order valence-electron chi connectivity index (χ3n) is 2.16. The Kier molecular flexibility index (Phi) is 7.65. The van der Waals surface area contributed by atoms with Crippen molar-refractivity contribution in [3.8, 4) is 0 Å². The minimum atomic E-state index is 0.587. The van der Waals surface area contributed by atoms with Crippen LogP contribution in [0, 0.1) is 0 Å². The number of rotatable bonds is 8. The molecule has 0 rings (SSSR count). The van der Waals surface area contributed by atoms with E-state index in [1.807, 2.05) is 19.2 Å². The van der Waals surface area contributed by atoms with Gasteiger partial charge < -0.3 is 5.32 Å². The Bertz CT molecular complexity index is 133. The molecular weight excluding hydrogens is 160 g/mol. The predicted molar refractivity (Wildman–Crippen MR) is 60.0 cm³/mol. The van der Waals surface area contributed by atoms with Gasteiger partial charge in [0.2, 0.25) is 0 Å². The third kappa shape index (κ3) is 5.61. The maximum Gasteiger partial charge on any atom is 0.0166 e. The predicted octanol–water partition coefficient (Wildman–Crippen LogP) is 1.66. The van der Waals surface area contributed by atoms with E-state index in [1.165, 1.54) is 0 Å². The van der Waals surface area contributed by atoms with Crippen LogP contribution in [-0.2, 0) is 0 Å². The van der Waals surface area contributed by atoms with Gasteiger partial charge in [-0.2, -0.15) is 0 Å². The zero-order valence-corrected chi connectivity index (χ0v) is 8.92. The maximum atomic E-state index is 3.75. The topological polar surface area (TPSA) is 15.3 Å². The Labute approximate surface area is 82.3 Å². The summed E-state index contributed by atoms with van der Waals surface area (Å²) in [4.78, 5) is 2.36. The lowest BCUT2D eigenvalue weighted by Gasteiger charge is -2.26. The Morgan fingerprint density at radius 3 is 2.23 bits per heavy atom. The molecule has 0 aliphatic rings. The van der Waals surface area contributed by atoms with Gasteiger partial charge in [-0.25, -0.2) is 0 Å².